The van der Waals surface area contributed by atoms with Crippen molar-refractivity contribution in [3.8, 4) is 11.1 Å². The van der Waals surface area contributed by atoms with Crippen LogP contribution in [-0.4, -0.2) is 80.7 Å². The van der Waals surface area contributed by atoms with Crippen molar-refractivity contribution in [3.05, 3.63) is 60.4 Å². The van der Waals surface area contributed by atoms with E-state index in [4.69, 9.17) is 14.3 Å². The van der Waals surface area contributed by atoms with Crippen molar-refractivity contribution in [2.75, 3.05) is 18.0 Å². The molecule has 1 aromatic carbocycles. The molecule has 2 aliphatic rings. The molecule has 2 aromatic heterocycles. The predicted molar refractivity (Wildman–Crippen MR) is 155 cm³/mol. The lowest BCUT2D eigenvalue weighted by atomic mass is 10.0. The number of rotatable bonds is 9. The van der Waals surface area contributed by atoms with E-state index in [0.717, 1.165) is 0 Å². The van der Waals surface area contributed by atoms with E-state index in [1.807, 2.05) is 0 Å². The Hall–Kier alpha value is -5.08. The monoisotopic (exact) mass is 608 g/mol. The third kappa shape index (κ3) is 7.46. The van der Waals surface area contributed by atoms with Crippen LogP contribution in [0.1, 0.15) is 39.8 Å². The van der Waals surface area contributed by atoms with Gasteiger partial charge in [-0.3, -0.25) is 14.7 Å². The first-order chi connectivity index (χ1) is 20.9. The maximum Gasteiger partial charge on any atom is 0.414 e. The SMILES string of the molecule is C[C@H](NC(=O)OC(C)(C)C)C(=O)NC[C@@H]1CC(c2ccc(-c3ccc(N4C[C@H](Cn5ccnn5)OC4=O)cc3F)cn2)=NO1. The Bertz CT molecular complexity index is 1540. The van der Waals surface area contributed by atoms with E-state index >= 15 is 4.39 Å². The average Bonchev–Trinajstić information content (AvgIpc) is 3.73. The number of hydrogen-bond acceptors (Lipinski definition) is 10. The zero-order chi connectivity index (χ0) is 31.4. The molecule has 3 atom stereocenters. The molecule has 4 heterocycles. The minimum Gasteiger partial charge on any atom is -0.444 e. The number of oxime groups is 1. The minimum atomic E-state index is -0.804. The second kappa shape index (κ2) is 12.7. The van der Waals surface area contributed by atoms with Gasteiger partial charge in [0.25, 0.3) is 0 Å². The number of hydrogen-bond donors (Lipinski definition) is 2. The number of halogens is 1. The van der Waals surface area contributed by atoms with Crippen molar-refractivity contribution in [2.45, 2.75) is 64.5 Å². The van der Waals surface area contributed by atoms with Crippen LogP contribution in [0.4, 0.5) is 19.7 Å². The number of pyridine rings is 1. The number of amides is 3. The number of carbonyl (C=O) groups is 3. The fraction of sp³-hybridized carbons (Fsp3) is 0.414. The van der Waals surface area contributed by atoms with Gasteiger partial charge in [0, 0.05) is 29.9 Å². The molecule has 2 N–H and O–H groups in total. The van der Waals surface area contributed by atoms with Crippen molar-refractivity contribution in [1.29, 1.82) is 0 Å². The smallest absolute Gasteiger partial charge is 0.414 e. The highest BCUT2D eigenvalue weighted by atomic mass is 19.1. The number of anilines is 1. The van der Waals surface area contributed by atoms with E-state index in [2.05, 4.69) is 31.1 Å². The molecule has 44 heavy (non-hydrogen) atoms. The molecule has 0 aliphatic carbocycles. The lowest BCUT2D eigenvalue weighted by Gasteiger charge is -2.21. The average molecular weight is 609 g/mol. The molecule has 0 saturated carbocycles. The van der Waals surface area contributed by atoms with Crippen LogP contribution in [0.2, 0.25) is 0 Å². The topological polar surface area (TPSA) is 162 Å². The summed E-state index contributed by atoms with van der Waals surface area (Å²) in [7, 11) is 0. The molecule has 2 aliphatic heterocycles. The Balaban J connectivity index is 1.12. The van der Waals surface area contributed by atoms with Crippen LogP contribution in [-0.2, 0) is 25.7 Å². The largest absolute Gasteiger partial charge is 0.444 e. The van der Waals surface area contributed by atoms with Crippen LogP contribution in [0.5, 0.6) is 0 Å². The fourth-order valence-corrected chi connectivity index (χ4v) is 4.60. The van der Waals surface area contributed by atoms with Crippen LogP contribution >= 0.6 is 0 Å². The van der Waals surface area contributed by atoms with E-state index in [1.165, 1.54) is 23.4 Å². The molecule has 5 rings (SSSR count). The van der Waals surface area contributed by atoms with Crippen LogP contribution in [0.3, 0.4) is 0 Å². The summed E-state index contributed by atoms with van der Waals surface area (Å²) in [5.41, 5.74) is 1.70. The molecular formula is C29H33FN8O6. The molecule has 1 fully saturated rings. The number of ether oxygens (including phenoxy) is 2. The van der Waals surface area contributed by atoms with Gasteiger partial charge in [-0.1, -0.05) is 16.4 Å². The molecular weight excluding hydrogens is 575 g/mol. The molecule has 0 radical (unpaired) electrons. The van der Waals surface area contributed by atoms with Crippen LogP contribution in [0.25, 0.3) is 11.1 Å². The van der Waals surface area contributed by atoms with Gasteiger partial charge >= 0.3 is 12.2 Å². The van der Waals surface area contributed by atoms with Gasteiger partial charge in [0.1, 0.15) is 29.3 Å². The van der Waals surface area contributed by atoms with Crippen molar-refractivity contribution >= 4 is 29.5 Å². The van der Waals surface area contributed by atoms with Gasteiger partial charge in [-0.15, -0.1) is 5.10 Å². The van der Waals surface area contributed by atoms with E-state index < -0.39 is 47.8 Å². The molecule has 14 nitrogen and oxygen atoms in total. The van der Waals surface area contributed by atoms with Crippen molar-refractivity contribution < 1.29 is 33.1 Å². The molecule has 232 valence electrons. The van der Waals surface area contributed by atoms with Crippen LogP contribution < -0.4 is 15.5 Å². The minimum absolute atomic E-state index is 0.174. The van der Waals surface area contributed by atoms with Gasteiger partial charge in [-0.25, -0.2) is 18.7 Å². The molecule has 0 spiro atoms. The summed E-state index contributed by atoms with van der Waals surface area (Å²) in [5, 5.41) is 16.9. The maximum absolute atomic E-state index is 15.2. The second-order valence-electron chi connectivity index (χ2n) is 11.4. The van der Waals surface area contributed by atoms with Gasteiger partial charge < -0.3 is 24.9 Å². The molecule has 1 saturated heterocycles. The molecule has 3 amide bonds. The Morgan fingerprint density at radius 2 is 2.02 bits per heavy atom. The highest BCUT2D eigenvalue weighted by molar-refractivity contribution is 6.00. The standard InChI is InChI=1S/C29H33FN8O6/c1-17(34-27(40)43-29(2,3)4)26(39)32-14-20-12-25(35-44-20)24-8-5-18(13-31-24)22-7-6-19(11-23(22)30)38-16-21(42-28(38)41)15-37-10-9-33-36-37/h5-11,13,17,20-21H,12,14-16H2,1-4H3,(H,32,39)(H,34,40)/t17-,20-,21-/m0/s1. The fourth-order valence-electron chi connectivity index (χ4n) is 4.60. The number of carbonyl (C=O) groups excluding carboxylic acids is 3. The Morgan fingerprint density at radius 3 is 2.70 bits per heavy atom. The highest BCUT2D eigenvalue weighted by Crippen LogP contribution is 2.29. The summed E-state index contributed by atoms with van der Waals surface area (Å²) in [4.78, 5) is 48.0. The third-order valence-electron chi connectivity index (χ3n) is 6.73. The van der Waals surface area contributed by atoms with Crippen molar-refractivity contribution in [2.24, 2.45) is 5.16 Å². The summed E-state index contributed by atoms with van der Waals surface area (Å²) >= 11 is 0. The summed E-state index contributed by atoms with van der Waals surface area (Å²) in [5.74, 6) is -0.908. The zero-order valence-corrected chi connectivity index (χ0v) is 24.7. The molecule has 3 aromatic rings. The van der Waals surface area contributed by atoms with E-state index in [1.54, 1.807) is 62.8 Å². The van der Waals surface area contributed by atoms with Crippen LogP contribution in [0.15, 0.2) is 54.1 Å². The lowest BCUT2D eigenvalue weighted by molar-refractivity contribution is -0.123. The first kappa shape index (κ1) is 30.4. The summed E-state index contributed by atoms with van der Waals surface area (Å²) in [6.07, 6.45) is 3.05. The summed E-state index contributed by atoms with van der Waals surface area (Å²) in [6.45, 7) is 7.53. The van der Waals surface area contributed by atoms with Gasteiger partial charge in [-0.05, 0) is 52.0 Å². The third-order valence-corrected chi connectivity index (χ3v) is 6.73. The lowest BCUT2D eigenvalue weighted by Crippen LogP contribution is -2.47. The van der Waals surface area contributed by atoms with Gasteiger partial charge in [0.2, 0.25) is 5.91 Å². The van der Waals surface area contributed by atoms with E-state index in [9.17, 15) is 14.4 Å². The van der Waals surface area contributed by atoms with Gasteiger partial charge in [0.05, 0.1) is 37.2 Å². The number of aromatic nitrogens is 4. The van der Waals surface area contributed by atoms with E-state index in [0.29, 0.717) is 41.2 Å². The Labute approximate surface area is 252 Å². The molecule has 0 unspecified atom stereocenters. The molecule has 15 heteroatoms. The van der Waals surface area contributed by atoms with Crippen LogP contribution in [0, 0.1) is 5.82 Å². The Kier molecular flexibility index (Phi) is 8.73. The van der Waals surface area contributed by atoms with Gasteiger partial charge in [0.15, 0.2) is 6.10 Å². The van der Waals surface area contributed by atoms with Crippen molar-refractivity contribution in [3.63, 3.8) is 0 Å². The first-order valence-electron chi connectivity index (χ1n) is 14.0. The number of nitrogens with zero attached hydrogens (tertiary/aromatic N) is 6. The first-order valence-corrected chi connectivity index (χ1v) is 14.0. The van der Waals surface area contributed by atoms with Gasteiger partial charge in [-0.2, -0.15) is 0 Å². The van der Waals surface area contributed by atoms with E-state index in [-0.39, 0.29) is 13.1 Å². The predicted octanol–water partition coefficient (Wildman–Crippen LogP) is 3.03. The number of cyclic esters (lactones) is 1. The second-order valence-corrected chi connectivity index (χ2v) is 11.4. The number of benzene rings is 1. The summed E-state index contributed by atoms with van der Waals surface area (Å²) < 4.78 is 27.3. The van der Waals surface area contributed by atoms with Crippen molar-refractivity contribution in [1.82, 2.24) is 30.6 Å². The quantitative estimate of drug-likeness (QED) is 0.372. The normalized spacial score (nSPS) is 18.7. The number of nitrogens with one attached hydrogen (secondary N) is 2. The highest BCUT2D eigenvalue weighted by Gasteiger charge is 2.33. The number of alkyl carbamates (subject to hydrolysis) is 1. The maximum atomic E-state index is 15.2. The molecule has 0 bridgehead atoms. The zero-order valence-electron chi connectivity index (χ0n) is 24.7. The summed E-state index contributed by atoms with van der Waals surface area (Å²) in [6, 6.07) is 7.17. The Morgan fingerprint density at radius 1 is 1.20 bits per heavy atom.